The third-order valence-corrected chi connectivity index (χ3v) is 5.38. The summed E-state index contributed by atoms with van der Waals surface area (Å²) in [7, 11) is -1.43. The Morgan fingerprint density at radius 2 is 1.92 bits per heavy atom. The van der Waals surface area contributed by atoms with Crippen LogP contribution >= 0.6 is 11.6 Å². The third-order valence-electron chi connectivity index (χ3n) is 3.80. The molecular formula is C19H15ClN2OS. The van der Waals surface area contributed by atoms with Gasteiger partial charge in [0.2, 0.25) is 0 Å². The molecular weight excluding hydrogens is 340 g/mol. The van der Waals surface area contributed by atoms with Gasteiger partial charge in [0, 0.05) is 16.8 Å². The molecule has 0 amide bonds. The number of nitriles is 1. The fourth-order valence-corrected chi connectivity index (χ4v) is 3.96. The topological polar surface area (TPSA) is 45.8 Å². The molecule has 0 saturated heterocycles. The van der Waals surface area contributed by atoms with Crippen LogP contribution in [-0.4, -0.2) is 8.18 Å². The highest BCUT2D eigenvalue weighted by molar-refractivity contribution is 7.83. The highest BCUT2D eigenvalue weighted by Crippen LogP contribution is 2.32. The van der Waals surface area contributed by atoms with Crippen LogP contribution in [0.1, 0.15) is 18.1 Å². The van der Waals surface area contributed by atoms with E-state index >= 15 is 0 Å². The molecule has 24 heavy (non-hydrogen) atoms. The van der Waals surface area contributed by atoms with E-state index in [0.717, 1.165) is 17.5 Å². The van der Waals surface area contributed by atoms with Gasteiger partial charge in [-0.25, -0.2) is 4.21 Å². The smallest absolute Gasteiger partial charge is 0.157 e. The Kier molecular flexibility index (Phi) is 4.84. The molecule has 5 heteroatoms. The van der Waals surface area contributed by atoms with E-state index in [1.807, 2.05) is 55.5 Å². The van der Waals surface area contributed by atoms with E-state index < -0.39 is 11.0 Å². The van der Waals surface area contributed by atoms with Gasteiger partial charge >= 0.3 is 0 Å². The lowest BCUT2D eigenvalue weighted by atomic mass is 10.0. The molecule has 2 aromatic carbocycles. The summed E-state index contributed by atoms with van der Waals surface area (Å²) in [5, 5.41) is 10.1. The Hall–Kier alpha value is -2.35. The molecule has 0 aliphatic rings. The number of hydrogen-bond acceptors (Lipinski definition) is 2. The first kappa shape index (κ1) is 16.5. The fraction of sp³-hybridized carbons (Fsp3) is 0.105. The Morgan fingerprint density at radius 1 is 1.17 bits per heavy atom. The fourth-order valence-electron chi connectivity index (χ4n) is 2.63. The first-order valence-corrected chi connectivity index (χ1v) is 9.01. The molecule has 0 aliphatic carbocycles. The molecule has 3 nitrogen and oxygen atoms in total. The summed E-state index contributed by atoms with van der Waals surface area (Å²) in [6.45, 7) is 2.04. The van der Waals surface area contributed by atoms with Gasteiger partial charge in [0.05, 0.1) is 16.2 Å². The second-order valence-corrected chi connectivity index (χ2v) is 7.03. The van der Waals surface area contributed by atoms with Gasteiger partial charge in [-0.15, -0.1) is 0 Å². The number of benzene rings is 2. The number of rotatable bonds is 4. The molecule has 1 atom stereocenters. The van der Waals surface area contributed by atoms with E-state index in [-0.39, 0.29) is 0 Å². The van der Waals surface area contributed by atoms with Crippen molar-refractivity contribution < 1.29 is 4.21 Å². The second-order valence-electron chi connectivity index (χ2n) is 5.23. The molecule has 0 saturated carbocycles. The summed E-state index contributed by atoms with van der Waals surface area (Å²) >= 11 is 6.17. The van der Waals surface area contributed by atoms with E-state index in [0.29, 0.717) is 21.2 Å². The van der Waals surface area contributed by atoms with E-state index in [1.165, 1.54) is 0 Å². The quantitative estimate of drug-likeness (QED) is 0.674. The molecule has 120 valence electrons. The minimum Gasteiger partial charge on any atom is -0.261 e. The minimum absolute atomic E-state index is 0.483. The summed E-state index contributed by atoms with van der Waals surface area (Å²) in [6, 6.07) is 18.7. The number of halogens is 1. The van der Waals surface area contributed by atoms with Gasteiger partial charge < -0.3 is 0 Å². The average Bonchev–Trinajstić information content (AvgIpc) is 3.05. The Bertz CT molecular complexity index is 942. The van der Waals surface area contributed by atoms with Crippen molar-refractivity contribution >= 4 is 22.6 Å². The summed E-state index contributed by atoms with van der Waals surface area (Å²) in [6.07, 6.45) is 2.48. The van der Waals surface area contributed by atoms with Crippen molar-refractivity contribution in [1.82, 2.24) is 3.97 Å². The van der Waals surface area contributed by atoms with Crippen LogP contribution in [-0.2, 0) is 17.4 Å². The van der Waals surface area contributed by atoms with E-state index in [9.17, 15) is 9.47 Å². The van der Waals surface area contributed by atoms with Crippen LogP contribution < -0.4 is 0 Å². The van der Waals surface area contributed by atoms with Gasteiger partial charge in [-0.05, 0) is 42.3 Å². The number of hydrogen-bond donors (Lipinski definition) is 0. The molecule has 1 unspecified atom stereocenters. The van der Waals surface area contributed by atoms with Crippen LogP contribution in [0.25, 0.3) is 11.3 Å². The van der Waals surface area contributed by atoms with E-state index in [2.05, 4.69) is 6.07 Å². The SMILES string of the molecule is CCc1ccc(Cl)cc1-c1c(C#N)ccn1S(=O)c1ccccc1. The Labute approximate surface area is 148 Å². The largest absolute Gasteiger partial charge is 0.261 e. The molecule has 1 aromatic heterocycles. The molecule has 1 heterocycles. The van der Waals surface area contributed by atoms with Crippen LogP contribution in [0.3, 0.4) is 0 Å². The zero-order chi connectivity index (χ0) is 17.1. The van der Waals surface area contributed by atoms with Gasteiger partial charge in [-0.3, -0.25) is 3.97 Å². The van der Waals surface area contributed by atoms with Gasteiger partial charge in [0.25, 0.3) is 0 Å². The highest BCUT2D eigenvalue weighted by atomic mass is 35.5. The Balaban J connectivity index is 2.23. The van der Waals surface area contributed by atoms with Crippen molar-refractivity contribution in [2.75, 3.05) is 0 Å². The molecule has 0 bridgehead atoms. The molecule has 3 aromatic rings. The monoisotopic (exact) mass is 354 g/mol. The Morgan fingerprint density at radius 3 is 2.58 bits per heavy atom. The summed E-state index contributed by atoms with van der Waals surface area (Å²) < 4.78 is 14.6. The third kappa shape index (κ3) is 3.01. The van der Waals surface area contributed by atoms with Crippen molar-refractivity contribution in [2.24, 2.45) is 0 Å². The number of nitrogens with zero attached hydrogens (tertiary/aromatic N) is 2. The van der Waals surface area contributed by atoms with Crippen LogP contribution in [0, 0.1) is 11.3 Å². The zero-order valence-corrected chi connectivity index (χ0v) is 14.6. The van der Waals surface area contributed by atoms with Gasteiger partial charge in [-0.2, -0.15) is 5.26 Å². The van der Waals surface area contributed by atoms with Crippen LogP contribution in [0.5, 0.6) is 0 Å². The first-order valence-electron chi connectivity index (χ1n) is 7.53. The van der Waals surface area contributed by atoms with Crippen molar-refractivity contribution in [3.8, 4) is 17.3 Å². The van der Waals surface area contributed by atoms with Gasteiger partial charge in [-0.1, -0.05) is 42.8 Å². The average molecular weight is 355 g/mol. The summed E-state index contributed by atoms with van der Waals surface area (Å²) in [4.78, 5) is 0.680. The zero-order valence-electron chi connectivity index (χ0n) is 13.1. The predicted octanol–water partition coefficient (Wildman–Crippen LogP) is 4.81. The van der Waals surface area contributed by atoms with Crippen LogP contribution in [0.15, 0.2) is 65.7 Å². The molecule has 0 fully saturated rings. The van der Waals surface area contributed by atoms with Gasteiger partial charge in [0.1, 0.15) is 6.07 Å². The molecule has 0 radical (unpaired) electrons. The lowest BCUT2D eigenvalue weighted by Crippen LogP contribution is -2.07. The number of aromatic nitrogens is 1. The normalized spacial score (nSPS) is 11.9. The first-order chi connectivity index (χ1) is 11.7. The molecule has 3 rings (SSSR count). The highest BCUT2D eigenvalue weighted by Gasteiger charge is 2.19. The van der Waals surface area contributed by atoms with Crippen LogP contribution in [0.2, 0.25) is 5.02 Å². The summed E-state index contributed by atoms with van der Waals surface area (Å²) in [5.74, 6) is 0. The maximum absolute atomic E-state index is 13.0. The van der Waals surface area contributed by atoms with Gasteiger partial charge in [0.15, 0.2) is 11.0 Å². The van der Waals surface area contributed by atoms with Crippen molar-refractivity contribution in [1.29, 1.82) is 5.26 Å². The molecule has 0 N–H and O–H groups in total. The van der Waals surface area contributed by atoms with E-state index in [1.54, 1.807) is 16.2 Å². The second kappa shape index (κ2) is 7.04. The lowest BCUT2D eigenvalue weighted by molar-refractivity contribution is 0.678. The lowest BCUT2D eigenvalue weighted by Gasteiger charge is -2.13. The summed E-state index contributed by atoms with van der Waals surface area (Å²) in [5.41, 5.74) is 3.02. The maximum atomic E-state index is 13.0. The minimum atomic E-state index is -1.43. The molecule has 0 spiro atoms. The molecule has 0 aliphatic heterocycles. The van der Waals surface area contributed by atoms with E-state index in [4.69, 9.17) is 11.6 Å². The van der Waals surface area contributed by atoms with Crippen LogP contribution in [0.4, 0.5) is 0 Å². The van der Waals surface area contributed by atoms with Crippen molar-refractivity contribution in [2.45, 2.75) is 18.2 Å². The predicted molar refractivity (Wildman–Crippen MR) is 97.2 cm³/mol. The maximum Gasteiger partial charge on any atom is 0.157 e. The number of aryl methyl sites for hydroxylation is 1. The van der Waals surface area contributed by atoms with Crippen molar-refractivity contribution in [3.63, 3.8) is 0 Å². The standard InChI is InChI=1S/C19H15ClN2OS/c1-2-14-8-9-16(20)12-18(14)19-15(13-21)10-11-22(19)24(23)17-6-4-3-5-7-17/h3-12H,2H2,1H3. The van der Waals surface area contributed by atoms with Crippen molar-refractivity contribution in [3.05, 3.63) is 76.9 Å².